The number of hydrogen-bond donors (Lipinski definition) is 2. The van der Waals surface area contributed by atoms with Gasteiger partial charge in [-0.05, 0) is 55.1 Å². The number of Topliss-reactive ketones (excluding diaryl/α,β-unsaturated/α-hetero) is 1. The lowest BCUT2D eigenvalue weighted by Crippen LogP contribution is -2.58. The van der Waals surface area contributed by atoms with Crippen molar-refractivity contribution in [1.29, 1.82) is 0 Å². The SMILES string of the molecule is CC(C)[C@@H](NC(=O)Oc1ccc2c3c1O[C@H]1C(=O)CCC4[C@H](CCC[C@@]341)C2)C(=O)O. The number of carbonyl (C=O) groups is 3. The highest BCUT2D eigenvalue weighted by Gasteiger charge is 2.64. The smallest absolute Gasteiger partial charge is 0.413 e. The van der Waals surface area contributed by atoms with Crippen molar-refractivity contribution in [2.24, 2.45) is 17.8 Å². The van der Waals surface area contributed by atoms with E-state index in [4.69, 9.17) is 9.47 Å². The van der Waals surface area contributed by atoms with Gasteiger partial charge >= 0.3 is 12.1 Å². The minimum atomic E-state index is -1.11. The third kappa shape index (κ3) is 2.60. The zero-order valence-corrected chi connectivity index (χ0v) is 17.3. The van der Waals surface area contributed by atoms with Gasteiger partial charge < -0.3 is 19.9 Å². The topological polar surface area (TPSA) is 102 Å². The maximum Gasteiger partial charge on any atom is 0.413 e. The Kier molecular flexibility index (Phi) is 4.35. The van der Waals surface area contributed by atoms with Crippen LogP contribution in [0.5, 0.6) is 11.5 Å². The van der Waals surface area contributed by atoms with Crippen molar-refractivity contribution >= 4 is 17.8 Å². The lowest BCUT2D eigenvalue weighted by atomic mass is 9.48. The molecule has 7 nitrogen and oxygen atoms in total. The molecule has 2 fully saturated rings. The predicted molar refractivity (Wildman–Crippen MR) is 107 cm³/mol. The highest BCUT2D eigenvalue weighted by Crippen LogP contribution is 2.65. The Morgan fingerprint density at radius 3 is 2.83 bits per heavy atom. The molecule has 1 aliphatic heterocycles. The minimum absolute atomic E-state index is 0.136. The molecule has 7 heteroatoms. The molecule has 1 amide bonds. The molecule has 1 heterocycles. The minimum Gasteiger partial charge on any atom is -0.480 e. The van der Waals surface area contributed by atoms with Crippen LogP contribution in [0.25, 0.3) is 0 Å². The van der Waals surface area contributed by atoms with E-state index in [-0.39, 0.29) is 22.9 Å². The molecule has 160 valence electrons. The lowest BCUT2D eigenvalue weighted by Gasteiger charge is -2.54. The number of carboxylic acid groups (broad SMARTS) is 1. The van der Waals surface area contributed by atoms with Crippen molar-refractivity contribution in [3.05, 3.63) is 23.3 Å². The summed E-state index contributed by atoms with van der Waals surface area (Å²) in [7, 11) is 0. The lowest BCUT2D eigenvalue weighted by molar-refractivity contribution is -0.140. The molecule has 5 atom stereocenters. The van der Waals surface area contributed by atoms with Gasteiger partial charge in [0, 0.05) is 17.4 Å². The van der Waals surface area contributed by atoms with Gasteiger partial charge in [0.15, 0.2) is 23.4 Å². The maximum atomic E-state index is 12.8. The van der Waals surface area contributed by atoms with Gasteiger partial charge in [0.05, 0.1) is 0 Å². The fourth-order valence-corrected chi connectivity index (χ4v) is 6.51. The van der Waals surface area contributed by atoms with Crippen molar-refractivity contribution in [3.8, 4) is 11.5 Å². The van der Waals surface area contributed by atoms with Crippen LogP contribution in [0, 0.1) is 17.8 Å². The van der Waals surface area contributed by atoms with Crippen LogP contribution in [0.2, 0.25) is 0 Å². The zero-order chi connectivity index (χ0) is 21.2. The average Bonchev–Trinajstić information content (AvgIpc) is 3.03. The number of hydrogen-bond acceptors (Lipinski definition) is 5. The second kappa shape index (κ2) is 6.72. The van der Waals surface area contributed by atoms with Crippen molar-refractivity contribution in [3.63, 3.8) is 0 Å². The Morgan fingerprint density at radius 2 is 2.10 bits per heavy atom. The molecule has 0 saturated heterocycles. The highest BCUT2D eigenvalue weighted by atomic mass is 16.6. The Hall–Kier alpha value is -2.57. The summed E-state index contributed by atoms with van der Waals surface area (Å²) in [5, 5.41) is 11.7. The molecule has 2 N–H and O–H groups in total. The van der Waals surface area contributed by atoms with Gasteiger partial charge in [-0.25, -0.2) is 9.59 Å². The first-order valence-electron chi connectivity index (χ1n) is 10.9. The molecule has 4 aliphatic rings. The molecule has 0 radical (unpaired) electrons. The Labute approximate surface area is 175 Å². The maximum absolute atomic E-state index is 12.8. The van der Waals surface area contributed by atoms with Crippen LogP contribution in [0.3, 0.4) is 0 Å². The van der Waals surface area contributed by atoms with Crippen LogP contribution < -0.4 is 14.8 Å². The van der Waals surface area contributed by atoms with Crippen molar-refractivity contribution < 1.29 is 29.0 Å². The number of ketones is 1. The summed E-state index contributed by atoms with van der Waals surface area (Å²) >= 11 is 0. The van der Waals surface area contributed by atoms with E-state index < -0.39 is 24.2 Å². The summed E-state index contributed by atoms with van der Waals surface area (Å²) in [6.45, 7) is 3.44. The van der Waals surface area contributed by atoms with Crippen molar-refractivity contribution in [2.45, 2.75) is 69.9 Å². The zero-order valence-electron chi connectivity index (χ0n) is 17.3. The first kappa shape index (κ1) is 19.4. The van der Waals surface area contributed by atoms with Gasteiger partial charge in [0.1, 0.15) is 6.04 Å². The third-order valence-corrected chi connectivity index (χ3v) is 7.66. The number of benzene rings is 1. The Bertz CT molecular complexity index is 940. The van der Waals surface area contributed by atoms with Crippen LogP contribution in [0.15, 0.2) is 12.1 Å². The second-order valence-corrected chi connectivity index (χ2v) is 9.53. The Morgan fingerprint density at radius 1 is 1.30 bits per heavy atom. The molecule has 2 bridgehead atoms. The first-order chi connectivity index (χ1) is 14.3. The number of carboxylic acids is 1. The van der Waals surface area contributed by atoms with Crippen LogP contribution in [0.1, 0.15) is 57.1 Å². The fraction of sp³-hybridized carbons (Fsp3) is 0.609. The number of nitrogens with one attached hydrogen (secondary N) is 1. The molecule has 5 rings (SSSR count). The van der Waals surface area contributed by atoms with E-state index in [0.717, 1.165) is 31.2 Å². The number of rotatable bonds is 4. The molecule has 0 aromatic heterocycles. The predicted octanol–water partition coefficient (Wildman–Crippen LogP) is 3.22. The van der Waals surface area contributed by atoms with Gasteiger partial charge in [0.25, 0.3) is 0 Å². The molecule has 3 aliphatic carbocycles. The van der Waals surface area contributed by atoms with Crippen LogP contribution in [0.4, 0.5) is 4.79 Å². The van der Waals surface area contributed by atoms with E-state index in [1.54, 1.807) is 19.9 Å². The molecule has 1 spiro atoms. The van der Waals surface area contributed by atoms with Gasteiger partial charge in [-0.3, -0.25) is 4.79 Å². The summed E-state index contributed by atoms with van der Waals surface area (Å²) in [6, 6.07) is 2.66. The summed E-state index contributed by atoms with van der Waals surface area (Å²) in [4.78, 5) is 36.7. The normalized spacial score (nSPS) is 31.6. The standard InChI is InChI=1S/C23H27NO6/c1-11(2)18(21(26)27)24-22(28)29-16-8-5-13-10-12-4-3-9-23-14(12)6-7-15(25)20(23)30-19(16)17(13)23/h5,8,11-12,14,18,20H,3-4,6-7,9-10H2,1-2H3,(H,24,28)(H,26,27)/t12-,14?,18-,20+,23+/m1/s1. The molecule has 1 aromatic rings. The summed E-state index contributed by atoms with van der Waals surface area (Å²) in [5.74, 6) is 0.516. The first-order valence-corrected chi connectivity index (χ1v) is 10.9. The van der Waals surface area contributed by atoms with Crippen molar-refractivity contribution in [2.75, 3.05) is 0 Å². The van der Waals surface area contributed by atoms with Gasteiger partial charge in [-0.15, -0.1) is 0 Å². The third-order valence-electron chi connectivity index (χ3n) is 7.66. The quantitative estimate of drug-likeness (QED) is 0.786. The fourth-order valence-electron chi connectivity index (χ4n) is 6.51. The van der Waals surface area contributed by atoms with E-state index in [1.165, 1.54) is 12.0 Å². The molecule has 30 heavy (non-hydrogen) atoms. The Balaban J connectivity index is 1.51. The van der Waals surface area contributed by atoms with Gasteiger partial charge in [-0.2, -0.15) is 0 Å². The molecular formula is C23H27NO6. The largest absolute Gasteiger partial charge is 0.480 e. The number of aliphatic carboxylic acids is 1. The van der Waals surface area contributed by atoms with Crippen LogP contribution in [-0.2, 0) is 21.4 Å². The van der Waals surface area contributed by atoms with Crippen LogP contribution >= 0.6 is 0 Å². The average molecular weight is 413 g/mol. The van der Waals surface area contributed by atoms with Gasteiger partial charge in [0.2, 0.25) is 0 Å². The van der Waals surface area contributed by atoms with Gasteiger partial charge in [-0.1, -0.05) is 26.3 Å². The number of ether oxygens (including phenoxy) is 2. The van der Waals surface area contributed by atoms with E-state index >= 15 is 0 Å². The summed E-state index contributed by atoms with van der Waals surface area (Å²) < 4.78 is 11.8. The monoisotopic (exact) mass is 413 g/mol. The van der Waals surface area contributed by atoms with Crippen molar-refractivity contribution in [1.82, 2.24) is 5.32 Å². The summed E-state index contributed by atoms with van der Waals surface area (Å²) in [5.41, 5.74) is 1.96. The molecule has 1 unspecified atom stereocenters. The van der Waals surface area contributed by atoms with E-state index in [0.29, 0.717) is 24.0 Å². The van der Waals surface area contributed by atoms with Crippen LogP contribution in [-0.4, -0.2) is 35.1 Å². The number of carbonyl (C=O) groups excluding carboxylic acids is 2. The highest BCUT2D eigenvalue weighted by molar-refractivity contribution is 5.89. The molecule has 1 aromatic carbocycles. The molecule has 2 saturated carbocycles. The van der Waals surface area contributed by atoms with E-state index in [9.17, 15) is 19.5 Å². The summed E-state index contributed by atoms with van der Waals surface area (Å²) in [6.07, 6.45) is 4.29. The second-order valence-electron chi connectivity index (χ2n) is 9.53. The molecular weight excluding hydrogens is 386 g/mol. The van der Waals surface area contributed by atoms with E-state index in [1.807, 2.05) is 6.07 Å². The van der Waals surface area contributed by atoms with E-state index in [2.05, 4.69) is 5.32 Å². The number of amides is 1.